The SMILES string of the molecule is CCCNC(=O)CNCc1ccc(F)c(Cl)c1. The minimum Gasteiger partial charge on any atom is -0.355 e. The van der Waals surface area contributed by atoms with Gasteiger partial charge in [0.2, 0.25) is 5.91 Å². The Morgan fingerprint density at radius 2 is 2.24 bits per heavy atom. The van der Waals surface area contributed by atoms with Crippen LogP contribution in [0.2, 0.25) is 5.02 Å². The van der Waals surface area contributed by atoms with Gasteiger partial charge in [0.15, 0.2) is 0 Å². The summed E-state index contributed by atoms with van der Waals surface area (Å²) in [5, 5.41) is 5.81. The lowest BCUT2D eigenvalue weighted by Gasteiger charge is -2.06. The average Bonchev–Trinajstić information content (AvgIpc) is 2.31. The molecule has 0 spiro atoms. The number of nitrogens with one attached hydrogen (secondary N) is 2. The number of carbonyl (C=O) groups excluding carboxylic acids is 1. The van der Waals surface area contributed by atoms with E-state index in [1.807, 2.05) is 6.92 Å². The zero-order chi connectivity index (χ0) is 12.7. The molecular formula is C12H16ClFN2O. The molecule has 3 nitrogen and oxygen atoms in total. The Kier molecular flexibility index (Phi) is 5.94. The fourth-order valence-electron chi connectivity index (χ4n) is 1.30. The Labute approximate surface area is 105 Å². The number of halogens is 2. The van der Waals surface area contributed by atoms with Crippen LogP contribution in [0.5, 0.6) is 0 Å². The Morgan fingerprint density at radius 3 is 2.88 bits per heavy atom. The van der Waals surface area contributed by atoms with Crippen LogP contribution in [0.4, 0.5) is 4.39 Å². The molecule has 1 aromatic carbocycles. The van der Waals surface area contributed by atoms with Crippen LogP contribution in [0.1, 0.15) is 18.9 Å². The van der Waals surface area contributed by atoms with Crippen LogP contribution in [0.3, 0.4) is 0 Å². The van der Waals surface area contributed by atoms with Crippen molar-refractivity contribution in [3.05, 3.63) is 34.6 Å². The van der Waals surface area contributed by atoms with Gasteiger partial charge in [-0.1, -0.05) is 24.6 Å². The number of rotatable bonds is 6. The first-order valence-corrected chi connectivity index (χ1v) is 5.92. The Hall–Kier alpha value is -1.13. The third-order valence-corrected chi connectivity index (χ3v) is 2.46. The summed E-state index contributed by atoms with van der Waals surface area (Å²) in [6.07, 6.45) is 0.916. The van der Waals surface area contributed by atoms with E-state index in [4.69, 9.17) is 11.6 Å². The van der Waals surface area contributed by atoms with Crippen LogP contribution in [-0.2, 0) is 11.3 Å². The molecule has 0 aromatic heterocycles. The van der Waals surface area contributed by atoms with Crippen LogP contribution < -0.4 is 10.6 Å². The van der Waals surface area contributed by atoms with E-state index < -0.39 is 5.82 Å². The lowest BCUT2D eigenvalue weighted by Crippen LogP contribution is -2.33. The summed E-state index contributed by atoms with van der Waals surface area (Å²) in [5.41, 5.74) is 0.847. The van der Waals surface area contributed by atoms with Crippen molar-refractivity contribution in [3.63, 3.8) is 0 Å². The van der Waals surface area contributed by atoms with E-state index in [1.165, 1.54) is 6.07 Å². The van der Waals surface area contributed by atoms with E-state index in [2.05, 4.69) is 10.6 Å². The van der Waals surface area contributed by atoms with Crippen molar-refractivity contribution in [1.82, 2.24) is 10.6 Å². The van der Waals surface area contributed by atoms with Crippen molar-refractivity contribution in [2.24, 2.45) is 0 Å². The molecule has 0 radical (unpaired) electrons. The molecule has 94 valence electrons. The zero-order valence-corrected chi connectivity index (χ0v) is 10.5. The summed E-state index contributed by atoms with van der Waals surface area (Å²) in [5.74, 6) is -0.476. The molecule has 1 aromatic rings. The van der Waals surface area contributed by atoms with Gasteiger partial charge in [0.05, 0.1) is 11.6 Å². The topological polar surface area (TPSA) is 41.1 Å². The number of benzene rings is 1. The van der Waals surface area contributed by atoms with Gasteiger partial charge in [0.25, 0.3) is 0 Å². The van der Waals surface area contributed by atoms with Crippen molar-refractivity contribution in [3.8, 4) is 0 Å². The predicted octanol–water partition coefficient (Wildman–Crippen LogP) is 2.09. The second-order valence-electron chi connectivity index (χ2n) is 3.70. The van der Waals surface area contributed by atoms with Gasteiger partial charge in [0, 0.05) is 13.1 Å². The van der Waals surface area contributed by atoms with Gasteiger partial charge < -0.3 is 10.6 Å². The van der Waals surface area contributed by atoms with E-state index in [1.54, 1.807) is 12.1 Å². The van der Waals surface area contributed by atoms with Crippen LogP contribution in [0, 0.1) is 5.82 Å². The van der Waals surface area contributed by atoms with E-state index in [0.717, 1.165) is 12.0 Å². The van der Waals surface area contributed by atoms with Gasteiger partial charge in [-0.3, -0.25) is 4.79 Å². The van der Waals surface area contributed by atoms with Crippen LogP contribution >= 0.6 is 11.6 Å². The highest BCUT2D eigenvalue weighted by atomic mass is 35.5. The molecule has 5 heteroatoms. The molecule has 0 saturated heterocycles. The molecule has 0 aliphatic heterocycles. The number of amides is 1. The van der Waals surface area contributed by atoms with Crippen LogP contribution in [-0.4, -0.2) is 19.0 Å². The molecule has 0 saturated carbocycles. The standard InChI is InChI=1S/C12H16ClFN2O/c1-2-5-16-12(17)8-15-7-9-3-4-11(14)10(13)6-9/h3-4,6,15H,2,5,7-8H2,1H3,(H,16,17). The Balaban J connectivity index is 2.30. The maximum Gasteiger partial charge on any atom is 0.233 e. The lowest BCUT2D eigenvalue weighted by molar-refractivity contribution is -0.120. The molecule has 0 atom stereocenters. The molecule has 0 bridgehead atoms. The molecule has 0 fully saturated rings. The van der Waals surface area contributed by atoms with E-state index >= 15 is 0 Å². The summed E-state index contributed by atoms with van der Waals surface area (Å²) in [6.45, 7) is 3.41. The van der Waals surface area contributed by atoms with Gasteiger partial charge in [-0.15, -0.1) is 0 Å². The largest absolute Gasteiger partial charge is 0.355 e. The summed E-state index contributed by atoms with van der Waals surface area (Å²) in [6, 6.07) is 4.50. The van der Waals surface area contributed by atoms with Gasteiger partial charge in [-0.2, -0.15) is 0 Å². The highest BCUT2D eigenvalue weighted by Crippen LogP contribution is 2.15. The maximum absolute atomic E-state index is 12.9. The number of hydrogen-bond acceptors (Lipinski definition) is 2. The van der Waals surface area contributed by atoms with E-state index in [0.29, 0.717) is 13.1 Å². The minimum absolute atomic E-state index is 0.0416. The molecule has 17 heavy (non-hydrogen) atoms. The third-order valence-electron chi connectivity index (χ3n) is 2.17. The lowest BCUT2D eigenvalue weighted by atomic mass is 10.2. The van der Waals surface area contributed by atoms with Crippen LogP contribution in [0.15, 0.2) is 18.2 Å². The van der Waals surface area contributed by atoms with Gasteiger partial charge >= 0.3 is 0 Å². The van der Waals surface area contributed by atoms with Crippen molar-refractivity contribution >= 4 is 17.5 Å². The Bertz CT molecular complexity index is 385. The second-order valence-corrected chi connectivity index (χ2v) is 4.11. The smallest absolute Gasteiger partial charge is 0.233 e. The summed E-state index contributed by atoms with van der Waals surface area (Å²) in [4.78, 5) is 11.3. The molecule has 0 heterocycles. The Morgan fingerprint density at radius 1 is 1.47 bits per heavy atom. The van der Waals surface area contributed by atoms with Gasteiger partial charge in [0.1, 0.15) is 5.82 Å². The molecule has 1 amide bonds. The summed E-state index contributed by atoms with van der Waals surface area (Å²) >= 11 is 5.64. The number of hydrogen-bond donors (Lipinski definition) is 2. The molecular weight excluding hydrogens is 243 g/mol. The molecule has 2 N–H and O–H groups in total. The molecule has 0 aliphatic carbocycles. The summed E-state index contributed by atoms with van der Waals surface area (Å²) < 4.78 is 12.9. The number of carbonyl (C=O) groups is 1. The summed E-state index contributed by atoms with van der Waals surface area (Å²) in [7, 11) is 0. The first-order chi connectivity index (χ1) is 8.13. The van der Waals surface area contributed by atoms with Crippen molar-refractivity contribution in [1.29, 1.82) is 0 Å². The van der Waals surface area contributed by atoms with Crippen LogP contribution in [0.25, 0.3) is 0 Å². The van der Waals surface area contributed by atoms with Crippen molar-refractivity contribution < 1.29 is 9.18 Å². The molecule has 0 unspecified atom stereocenters. The molecule has 1 rings (SSSR count). The molecule has 0 aliphatic rings. The average molecular weight is 259 g/mol. The third kappa shape index (κ3) is 5.15. The first kappa shape index (κ1) is 13.9. The highest BCUT2D eigenvalue weighted by Gasteiger charge is 2.02. The van der Waals surface area contributed by atoms with E-state index in [-0.39, 0.29) is 17.5 Å². The van der Waals surface area contributed by atoms with Crippen molar-refractivity contribution in [2.45, 2.75) is 19.9 Å². The van der Waals surface area contributed by atoms with Crippen molar-refractivity contribution in [2.75, 3.05) is 13.1 Å². The monoisotopic (exact) mass is 258 g/mol. The predicted molar refractivity (Wildman–Crippen MR) is 66.4 cm³/mol. The van der Waals surface area contributed by atoms with Gasteiger partial charge in [-0.05, 0) is 24.1 Å². The maximum atomic E-state index is 12.9. The fourth-order valence-corrected chi connectivity index (χ4v) is 1.50. The normalized spacial score (nSPS) is 10.3. The quantitative estimate of drug-likeness (QED) is 0.820. The zero-order valence-electron chi connectivity index (χ0n) is 9.72. The first-order valence-electron chi connectivity index (χ1n) is 5.54. The second kappa shape index (κ2) is 7.25. The minimum atomic E-state index is -0.434. The van der Waals surface area contributed by atoms with E-state index in [9.17, 15) is 9.18 Å². The fraction of sp³-hybridized carbons (Fsp3) is 0.417. The highest BCUT2D eigenvalue weighted by molar-refractivity contribution is 6.30. The van der Waals surface area contributed by atoms with Gasteiger partial charge in [-0.25, -0.2) is 4.39 Å².